The number of guanidine groups is 1. The van der Waals surface area contributed by atoms with Gasteiger partial charge in [0.25, 0.3) is 0 Å². The first-order chi connectivity index (χ1) is 11.0. The van der Waals surface area contributed by atoms with E-state index in [1.165, 1.54) is 0 Å². The van der Waals surface area contributed by atoms with Crippen LogP contribution in [0.2, 0.25) is 0 Å². The molecule has 0 aromatic carbocycles. The van der Waals surface area contributed by atoms with Gasteiger partial charge in [-0.15, -0.1) is 0 Å². The molecule has 0 atom stereocenters. The Bertz CT molecular complexity index is 400. The Labute approximate surface area is 137 Å². The lowest BCUT2D eigenvalue weighted by atomic mass is 9.87. The SMILES string of the molecule is CCOC(=O)C1CCC(OC(=O)CCCCCN=C(N)N)CC1. The molecule has 0 bridgehead atoms. The van der Waals surface area contributed by atoms with Crippen LogP contribution in [-0.2, 0) is 19.1 Å². The highest BCUT2D eigenvalue weighted by Crippen LogP contribution is 2.27. The molecule has 4 N–H and O–H groups in total. The Balaban J connectivity index is 2.10. The van der Waals surface area contributed by atoms with Gasteiger partial charge < -0.3 is 20.9 Å². The summed E-state index contributed by atoms with van der Waals surface area (Å²) in [5.74, 6) is -0.229. The van der Waals surface area contributed by atoms with Gasteiger partial charge in [0.2, 0.25) is 0 Å². The smallest absolute Gasteiger partial charge is 0.308 e. The molecule has 0 aliphatic heterocycles. The van der Waals surface area contributed by atoms with Gasteiger partial charge in [0.05, 0.1) is 12.5 Å². The van der Waals surface area contributed by atoms with E-state index in [1.807, 2.05) is 6.92 Å². The summed E-state index contributed by atoms with van der Waals surface area (Å²) in [4.78, 5) is 27.3. The monoisotopic (exact) mass is 327 g/mol. The summed E-state index contributed by atoms with van der Waals surface area (Å²) < 4.78 is 10.5. The van der Waals surface area contributed by atoms with Crippen LogP contribution < -0.4 is 11.5 Å². The fraction of sp³-hybridized carbons (Fsp3) is 0.812. The summed E-state index contributed by atoms with van der Waals surface area (Å²) in [5.41, 5.74) is 10.5. The second-order valence-corrected chi connectivity index (χ2v) is 5.83. The maximum Gasteiger partial charge on any atom is 0.308 e. The van der Waals surface area contributed by atoms with E-state index in [4.69, 9.17) is 20.9 Å². The molecule has 1 aliphatic carbocycles. The van der Waals surface area contributed by atoms with Crippen molar-refractivity contribution in [2.45, 2.75) is 64.4 Å². The van der Waals surface area contributed by atoms with Crippen LogP contribution in [0.4, 0.5) is 0 Å². The van der Waals surface area contributed by atoms with Gasteiger partial charge in [0.15, 0.2) is 5.96 Å². The Morgan fingerprint density at radius 3 is 2.39 bits per heavy atom. The third-order valence-electron chi connectivity index (χ3n) is 3.93. The molecule has 0 aromatic heterocycles. The van der Waals surface area contributed by atoms with Gasteiger partial charge >= 0.3 is 11.9 Å². The first-order valence-corrected chi connectivity index (χ1v) is 8.44. The summed E-state index contributed by atoms with van der Waals surface area (Å²) >= 11 is 0. The van der Waals surface area contributed by atoms with Crippen molar-refractivity contribution < 1.29 is 19.1 Å². The summed E-state index contributed by atoms with van der Waals surface area (Å²) in [6.07, 6.45) is 5.81. The number of nitrogens with two attached hydrogens (primary N) is 2. The average molecular weight is 327 g/mol. The maximum absolute atomic E-state index is 11.8. The molecule has 1 rings (SSSR count). The van der Waals surface area contributed by atoms with Crippen molar-refractivity contribution in [3.05, 3.63) is 0 Å². The molecule has 1 saturated carbocycles. The van der Waals surface area contributed by atoms with Crippen molar-refractivity contribution in [3.63, 3.8) is 0 Å². The fourth-order valence-corrected chi connectivity index (χ4v) is 2.69. The van der Waals surface area contributed by atoms with Gasteiger partial charge in [-0.25, -0.2) is 0 Å². The number of unbranched alkanes of at least 4 members (excludes halogenated alkanes) is 2. The Morgan fingerprint density at radius 2 is 1.78 bits per heavy atom. The Kier molecular flexibility index (Phi) is 9.09. The normalized spacial score (nSPS) is 20.6. The highest BCUT2D eigenvalue weighted by atomic mass is 16.5. The molecule has 23 heavy (non-hydrogen) atoms. The van der Waals surface area contributed by atoms with Crippen LogP contribution in [0.5, 0.6) is 0 Å². The van der Waals surface area contributed by atoms with Gasteiger partial charge in [-0.05, 0) is 45.4 Å². The molecule has 7 heteroatoms. The molecule has 0 heterocycles. The molecule has 1 aliphatic rings. The summed E-state index contributed by atoms with van der Waals surface area (Å²) in [7, 11) is 0. The van der Waals surface area contributed by atoms with Crippen LogP contribution in [0.15, 0.2) is 4.99 Å². The van der Waals surface area contributed by atoms with Gasteiger partial charge in [-0.1, -0.05) is 6.42 Å². The largest absolute Gasteiger partial charge is 0.466 e. The molecular formula is C16H29N3O4. The maximum atomic E-state index is 11.8. The Morgan fingerprint density at radius 1 is 1.09 bits per heavy atom. The number of hydrogen-bond acceptors (Lipinski definition) is 5. The van der Waals surface area contributed by atoms with E-state index in [1.54, 1.807) is 0 Å². The van der Waals surface area contributed by atoms with Crippen molar-refractivity contribution >= 4 is 17.9 Å². The number of esters is 2. The third-order valence-corrected chi connectivity index (χ3v) is 3.93. The lowest BCUT2D eigenvalue weighted by Gasteiger charge is -2.27. The van der Waals surface area contributed by atoms with Gasteiger partial charge in [-0.3, -0.25) is 14.6 Å². The molecule has 7 nitrogen and oxygen atoms in total. The summed E-state index contributed by atoms with van der Waals surface area (Å²) in [6, 6.07) is 0. The van der Waals surface area contributed by atoms with Crippen molar-refractivity contribution in [1.29, 1.82) is 0 Å². The molecule has 0 aromatic rings. The lowest BCUT2D eigenvalue weighted by Crippen LogP contribution is -2.29. The molecule has 0 radical (unpaired) electrons. The van der Waals surface area contributed by atoms with Crippen LogP contribution in [0.1, 0.15) is 58.3 Å². The third kappa shape index (κ3) is 8.42. The van der Waals surface area contributed by atoms with Crippen molar-refractivity contribution in [3.8, 4) is 0 Å². The number of rotatable bonds is 9. The lowest BCUT2D eigenvalue weighted by molar-refractivity contribution is -0.154. The highest BCUT2D eigenvalue weighted by Gasteiger charge is 2.28. The molecule has 0 saturated heterocycles. The predicted molar refractivity (Wildman–Crippen MR) is 87.6 cm³/mol. The molecule has 0 spiro atoms. The second-order valence-electron chi connectivity index (χ2n) is 5.83. The zero-order valence-corrected chi connectivity index (χ0v) is 14.0. The molecule has 0 unspecified atom stereocenters. The fourth-order valence-electron chi connectivity index (χ4n) is 2.69. The number of nitrogens with zero attached hydrogens (tertiary/aromatic N) is 1. The number of aliphatic imine (C=N–C) groups is 1. The van der Waals surface area contributed by atoms with E-state index in [0.29, 0.717) is 19.6 Å². The van der Waals surface area contributed by atoms with E-state index < -0.39 is 0 Å². The van der Waals surface area contributed by atoms with Crippen molar-refractivity contribution in [2.75, 3.05) is 13.2 Å². The Hall–Kier alpha value is -1.79. The average Bonchev–Trinajstić information content (AvgIpc) is 2.51. The van der Waals surface area contributed by atoms with Crippen LogP contribution >= 0.6 is 0 Å². The van der Waals surface area contributed by atoms with Crippen LogP contribution in [0, 0.1) is 5.92 Å². The van der Waals surface area contributed by atoms with E-state index in [9.17, 15) is 9.59 Å². The minimum absolute atomic E-state index is 0.0413. The van der Waals surface area contributed by atoms with Crippen LogP contribution in [0.3, 0.4) is 0 Å². The zero-order chi connectivity index (χ0) is 17.1. The van der Waals surface area contributed by atoms with E-state index in [2.05, 4.69) is 4.99 Å². The minimum Gasteiger partial charge on any atom is -0.466 e. The van der Waals surface area contributed by atoms with Crippen LogP contribution in [-0.4, -0.2) is 37.2 Å². The van der Waals surface area contributed by atoms with Crippen molar-refractivity contribution in [2.24, 2.45) is 22.4 Å². The number of hydrogen-bond donors (Lipinski definition) is 2. The van der Waals surface area contributed by atoms with Crippen molar-refractivity contribution in [1.82, 2.24) is 0 Å². The molecular weight excluding hydrogens is 298 g/mol. The van der Waals surface area contributed by atoms with Gasteiger partial charge in [0.1, 0.15) is 6.10 Å². The van der Waals surface area contributed by atoms with Gasteiger partial charge in [-0.2, -0.15) is 0 Å². The van der Waals surface area contributed by atoms with E-state index in [0.717, 1.165) is 44.9 Å². The summed E-state index contributed by atoms with van der Waals surface area (Å²) in [6.45, 7) is 2.81. The molecule has 1 fully saturated rings. The minimum atomic E-state index is -0.161. The standard InChI is InChI=1S/C16H29N3O4/c1-2-22-15(21)12-7-9-13(10-8-12)23-14(20)6-4-3-5-11-19-16(17)18/h12-13H,2-11H2,1H3,(H4,17,18,19). The molecule has 0 amide bonds. The summed E-state index contributed by atoms with van der Waals surface area (Å²) in [5, 5.41) is 0. The van der Waals surface area contributed by atoms with Crippen LogP contribution in [0.25, 0.3) is 0 Å². The second kappa shape index (κ2) is 10.9. The first kappa shape index (κ1) is 19.3. The quantitative estimate of drug-likeness (QED) is 0.287. The zero-order valence-electron chi connectivity index (χ0n) is 14.0. The molecule has 132 valence electrons. The van der Waals surface area contributed by atoms with E-state index in [-0.39, 0.29) is 29.9 Å². The topological polar surface area (TPSA) is 117 Å². The first-order valence-electron chi connectivity index (χ1n) is 8.44. The predicted octanol–water partition coefficient (Wildman–Crippen LogP) is 1.49. The number of ether oxygens (including phenoxy) is 2. The number of carbonyl (C=O) groups excluding carboxylic acids is 2. The number of carbonyl (C=O) groups is 2. The van der Waals surface area contributed by atoms with Gasteiger partial charge in [0, 0.05) is 13.0 Å². The van der Waals surface area contributed by atoms with E-state index >= 15 is 0 Å². The highest BCUT2D eigenvalue weighted by molar-refractivity contribution is 5.75.